The number of carbonyl (C=O) groups is 2. The molecule has 49 heavy (non-hydrogen) atoms. The van der Waals surface area contributed by atoms with Crippen LogP contribution >= 0.6 is 0 Å². The molecule has 6 rings (SSSR count). The van der Waals surface area contributed by atoms with Crippen LogP contribution in [0.5, 0.6) is 0 Å². The first-order valence-corrected chi connectivity index (χ1v) is 16.2. The first-order valence-electron chi connectivity index (χ1n) is 16.2. The number of aliphatic hydroxyl groups is 1. The molecule has 3 N–H and O–H groups in total. The molecule has 2 amide bonds. The maximum atomic E-state index is 14.5. The largest absolute Gasteiger partial charge is 0.444 e. The van der Waals surface area contributed by atoms with Crippen molar-refractivity contribution in [2.75, 3.05) is 13.1 Å². The number of aliphatic hydroxyl groups excluding tert-OH is 1. The number of fused-ring (bicyclic) bond motifs is 1. The van der Waals surface area contributed by atoms with Gasteiger partial charge in [-0.1, -0.05) is 24.0 Å². The highest BCUT2D eigenvalue weighted by atomic mass is 19.3. The van der Waals surface area contributed by atoms with Gasteiger partial charge in [0.25, 0.3) is 5.92 Å². The molecule has 2 fully saturated rings. The molecule has 258 valence electrons. The molecule has 0 radical (unpaired) electrons. The zero-order valence-corrected chi connectivity index (χ0v) is 28.3. The second-order valence-electron chi connectivity index (χ2n) is 14.5. The van der Waals surface area contributed by atoms with Gasteiger partial charge in [-0.15, -0.1) is 0 Å². The number of nitrogens with zero attached hydrogens (tertiary/aromatic N) is 4. The van der Waals surface area contributed by atoms with Gasteiger partial charge in [-0.2, -0.15) is 0 Å². The van der Waals surface area contributed by atoms with E-state index in [1.165, 1.54) is 4.90 Å². The Hall–Kier alpha value is -4.96. The molecule has 0 bridgehead atoms. The molecule has 0 unspecified atom stereocenters. The summed E-state index contributed by atoms with van der Waals surface area (Å²) in [4.78, 5) is 43.4. The normalized spacial score (nSPS) is 20.7. The van der Waals surface area contributed by atoms with Gasteiger partial charge in [-0.25, -0.2) is 28.3 Å². The van der Waals surface area contributed by atoms with Crippen LogP contribution in [0.25, 0.3) is 22.3 Å². The quantitative estimate of drug-likeness (QED) is 0.206. The van der Waals surface area contributed by atoms with Crippen LogP contribution in [0.15, 0.2) is 48.7 Å². The van der Waals surface area contributed by atoms with Crippen LogP contribution in [0, 0.1) is 11.8 Å². The highest BCUT2D eigenvalue weighted by molar-refractivity contribution is 5.78. The molecule has 2 aromatic heterocycles. The zero-order chi connectivity index (χ0) is 35.3. The lowest BCUT2D eigenvalue weighted by Crippen LogP contribution is -2.38. The fourth-order valence-electron chi connectivity index (χ4n) is 5.98. The number of hydrogen-bond donors (Lipinski definition) is 3. The summed E-state index contributed by atoms with van der Waals surface area (Å²) in [5.74, 6) is 3.96. The predicted octanol–water partition coefficient (Wildman–Crippen LogP) is 6.71. The molecule has 2 aromatic carbocycles. The van der Waals surface area contributed by atoms with E-state index < -0.39 is 60.5 Å². The highest BCUT2D eigenvalue weighted by Crippen LogP contribution is 2.41. The number of amides is 2. The second kappa shape index (κ2) is 12.5. The third-order valence-electron chi connectivity index (χ3n) is 8.13. The van der Waals surface area contributed by atoms with Crippen molar-refractivity contribution in [3.63, 3.8) is 0 Å². The van der Waals surface area contributed by atoms with Crippen LogP contribution < -0.4 is 0 Å². The van der Waals surface area contributed by atoms with E-state index in [0.717, 1.165) is 21.7 Å². The van der Waals surface area contributed by atoms with E-state index in [0.29, 0.717) is 35.4 Å². The van der Waals surface area contributed by atoms with Crippen molar-refractivity contribution in [1.82, 2.24) is 29.7 Å². The lowest BCUT2D eigenvalue weighted by Gasteiger charge is -2.28. The Morgan fingerprint density at radius 2 is 1.55 bits per heavy atom. The minimum Gasteiger partial charge on any atom is -0.444 e. The smallest absolute Gasteiger partial charge is 0.411 e. The van der Waals surface area contributed by atoms with E-state index in [9.17, 15) is 23.5 Å². The summed E-state index contributed by atoms with van der Waals surface area (Å²) in [6.45, 7) is 10.1. The number of halogens is 2. The fourth-order valence-corrected chi connectivity index (χ4v) is 5.98. The third-order valence-corrected chi connectivity index (χ3v) is 8.13. The number of aromatic amines is 2. The van der Waals surface area contributed by atoms with Crippen molar-refractivity contribution in [1.29, 1.82) is 0 Å². The zero-order valence-electron chi connectivity index (χ0n) is 28.3. The topological polar surface area (TPSA) is 137 Å². The Morgan fingerprint density at radius 1 is 0.918 bits per heavy atom. The van der Waals surface area contributed by atoms with Crippen LogP contribution in [0.3, 0.4) is 0 Å². The first-order chi connectivity index (χ1) is 22.9. The number of H-pyrrole nitrogens is 2. The lowest BCUT2D eigenvalue weighted by atomic mass is 10.1. The summed E-state index contributed by atoms with van der Waals surface area (Å²) in [6, 6.07) is 11.3. The van der Waals surface area contributed by atoms with E-state index in [1.54, 1.807) is 65.9 Å². The Bertz CT molecular complexity index is 1930. The minimum absolute atomic E-state index is 0.265. The molecule has 4 aromatic rings. The summed E-state index contributed by atoms with van der Waals surface area (Å²) < 4.78 is 39.8. The number of aromatic nitrogens is 4. The Kier molecular flexibility index (Phi) is 8.65. The predicted molar refractivity (Wildman–Crippen MR) is 178 cm³/mol. The molecular formula is C36H40F2N6O5. The standard InChI is InChI=1S/C36H40F2N6O5/c1-34(2,3)48-32(46)43-16-15-28(45)29(43)31-39-19-26(42-31)23-12-9-21(10-13-23)7-8-22-11-14-24-25(17-22)41-30(40-24)27-18-36(37,38)20-44(27)33(47)49-35(4,5)6/h9-14,17,19,27-29,45H,15-16,18,20H2,1-6H3,(H,39,42)(H,40,41)/t27-,28+,29-/m0/s1. The van der Waals surface area contributed by atoms with Crippen LogP contribution in [0.1, 0.15) is 89.2 Å². The van der Waals surface area contributed by atoms with Gasteiger partial charge >= 0.3 is 12.2 Å². The SMILES string of the molecule is CC(C)(C)OC(=O)N1CC[C@@H](O)[C@H]1c1ncc(-c2ccc(C#Cc3ccc4nc([C@@H]5CC(F)(F)CN5C(=O)OC(C)(C)C)[nH]c4c3)cc2)[nH]1. The summed E-state index contributed by atoms with van der Waals surface area (Å²) >= 11 is 0. The van der Waals surface area contributed by atoms with Gasteiger partial charge in [0.15, 0.2) is 0 Å². The first kappa shape index (κ1) is 33.9. The van der Waals surface area contributed by atoms with Gasteiger partial charge in [0.05, 0.1) is 41.6 Å². The molecule has 4 heterocycles. The van der Waals surface area contributed by atoms with Crippen molar-refractivity contribution >= 4 is 23.2 Å². The summed E-state index contributed by atoms with van der Waals surface area (Å²) in [5, 5.41) is 10.6. The average molecular weight is 675 g/mol. The Morgan fingerprint density at radius 3 is 2.22 bits per heavy atom. The molecule has 3 atom stereocenters. The number of benzene rings is 2. The van der Waals surface area contributed by atoms with E-state index in [4.69, 9.17) is 9.47 Å². The van der Waals surface area contributed by atoms with Crippen LogP contribution in [-0.2, 0) is 9.47 Å². The molecule has 2 aliphatic rings. The van der Waals surface area contributed by atoms with E-state index in [-0.39, 0.29) is 5.82 Å². The van der Waals surface area contributed by atoms with E-state index >= 15 is 0 Å². The van der Waals surface area contributed by atoms with Gasteiger partial charge in [0.2, 0.25) is 0 Å². The van der Waals surface area contributed by atoms with Gasteiger partial charge in [-0.05, 0) is 83.9 Å². The molecule has 0 aliphatic carbocycles. The molecule has 13 heteroatoms. The van der Waals surface area contributed by atoms with Crippen molar-refractivity contribution in [3.8, 4) is 23.1 Å². The van der Waals surface area contributed by atoms with Gasteiger partial charge < -0.3 is 24.5 Å². The number of ether oxygens (including phenoxy) is 2. The molecule has 2 saturated heterocycles. The molecule has 2 aliphatic heterocycles. The number of rotatable bonds is 3. The number of alkyl halides is 2. The highest BCUT2D eigenvalue weighted by Gasteiger charge is 2.50. The summed E-state index contributed by atoms with van der Waals surface area (Å²) in [5.41, 5.74) is 2.73. The van der Waals surface area contributed by atoms with Crippen molar-refractivity contribution in [2.45, 2.75) is 89.7 Å². The molecule has 0 spiro atoms. The third kappa shape index (κ3) is 7.70. The number of carbonyl (C=O) groups excluding carboxylic acids is 2. The molecule has 0 saturated carbocycles. The van der Waals surface area contributed by atoms with Crippen LogP contribution in [0.2, 0.25) is 0 Å². The molecular weight excluding hydrogens is 634 g/mol. The van der Waals surface area contributed by atoms with E-state index in [2.05, 4.69) is 31.8 Å². The lowest BCUT2D eigenvalue weighted by molar-refractivity contribution is -0.00248. The summed E-state index contributed by atoms with van der Waals surface area (Å²) in [6.07, 6.45) is -0.531. The second-order valence-corrected chi connectivity index (χ2v) is 14.5. The number of hydrogen-bond acceptors (Lipinski definition) is 7. The number of likely N-dealkylation sites (tertiary alicyclic amines) is 2. The summed E-state index contributed by atoms with van der Waals surface area (Å²) in [7, 11) is 0. The van der Waals surface area contributed by atoms with Gasteiger partial charge in [0, 0.05) is 24.1 Å². The Labute approximate surface area is 283 Å². The Balaban J connectivity index is 1.15. The van der Waals surface area contributed by atoms with Gasteiger partial charge in [-0.3, -0.25) is 9.80 Å². The number of imidazole rings is 2. The van der Waals surface area contributed by atoms with Crippen molar-refractivity contribution in [2.24, 2.45) is 0 Å². The van der Waals surface area contributed by atoms with Crippen molar-refractivity contribution < 1.29 is 33.0 Å². The molecule has 11 nitrogen and oxygen atoms in total. The maximum Gasteiger partial charge on any atom is 0.411 e. The maximum absolute atomic E-state index is 14.5. The number of nitrogens with one attached hydrogen (secondary N) is 2. The minimum atomic E-state index is -3.06. The van der Waals surface area contributed by atoms with Crippen molar-refractivity contribution in [3.05, 3.63) is 71.4 Å². The average Bonchev–Trinajstić information content (AvgIpc) is 3.78. The van der Waals surface area contributed by atoms with Crippen LogP contribution in [0.4, 0.5) is 18.4 Å². The van der Waals surface area contributed by atoms with Crippen LogP contribution in [-0.4, -0.2) is 83.3 Å². The van der Waals surface area contributed by atoms with Gasteiger partial charge in [0.1, 0.15) is 28.9 Å². The van der Waals surface area contributed by atoms with E-state index in [1.807, 2.05) is 24.3 Å². The monoisotopic (exact) mass is 674 g/mol. The fraction of sp³-hybridized carbons (Fsp3) is 0.444.